The highest BCUT2D eigenvalue weighted by Crippen LogP contribution is 2.36. The fourth-order valence-electron chi connectivity index (χ4n) is 3.63. The van der Waals surface area contributed by atoms with Crippen molar-refractivity contribution in [3.05, 3.63) is 84.1 Å². The molecule has 0 bridgehead atoms. The third-order valence-corrected chi connectivity index (χ3v) is 5.13. The molecule has 0 aliphatic rings. The van der Waals surface area contributed by atoms with E-state index in [1.165, 1.54) is 5.56 Å². The standard InChI is InChI=1S/C27H29N3O2/c1-19-14-15-30-23(16-19)29-25(26(30)28-18-20-10-6-5-7-11-20)21-12-8-9-13-22(21)32-24(31)17-27(2,3)4/h5-16,28H,17-18H2,1-4H3. The number of imidazole rings is 1. The number of benzene rings is 2. The second-order valence-electron chi connectivity index (χ2n) is 9.29. The quantitative estimate of drug-likeness (QED) is 0.291. The van der Waals surface area contributed by atoms with Crippen molar-refractivity contribution >= 4 is 17.4 Å². The van der Waals surface area contributed by atoms with Gasteiger partial charge in [-0.25, -0.2) is 4.98 Å². The number of nitrogens with one attached hydrogen (secondary N) is 1. The molecule has 2 heterocycles. The first-order valence-corrected chi connectivity index (χ1v) is 10.9. The number of carbonyl (C=O) groups excluding carboxylic acids is 1. The number of fused-ring (bicyclic) bond motifs is 1. The molecule has 5 heteroatoms. The zero-order chi connectivity index (χ0) is 22.7. The van der Waals surface area contributed by atoms with Crippen LogP contribution in [0, 0.1) is 12.3 Å². The lowest BCUT2D eigenvalue weighted by Crippen LogP contribution is -2.18. The highest BCUT2D eigenvalue weighted by atomic mass is 16.5. The van der Waals surface area contributed by atoms with E-state index < -0.39 is 0 Å². The van der Waals surface area contributed by atoms with Crippen molar-refractivity contribution in [3.8, 4) is 17.0 Å². The Hall–Kier alpha value is -3.60. The number of rotatable bonds is 6. The molecule has 0 saturated heterocycles. The van der Waals surface area contributed by atoms with E-state index >= 15 is 0 Å². The molecule has 4 rings (SSSR count). The molecule has 0 atom stereocenters. The van der Waals surface area contributed by atoms with E-state index in [2.05, 4.69) is 23.5 Å². The minimum atomic E-state index is -0.247. The molecule has 0 aliphatic heterocycles. The monoisotopic (exact) mass is 427 g/mol. The molecule has 0 spiro atoms. The van der Waals surface area contributed by atoms with E-state index in [1.807, 2.05) is 86.8 Å². The van der Waals surface area contributed by atoms with Gasteiger partial charge < -0.3 is 10.1 Å². The number of aromatic nitrogens is 2. The van der Waals surface area contributed by atoms with Crippen LogP contribution >= 0.6 is 0 Å². The molecule has 164 valence electrons. The van der Waals surface area contributed by atoms with Crippen LogP contribution < -0.4 is 10.1 Å². The van der Waals surface area contributed by atoms with E-state index in [0.29, 0.717) is 18.7 Å². The molecule has 0 saturated carbocycles. The van der Waals surface area contributed by atoms with Crippen molar-refractivity contribution in [2.24, 2.45) is 5.41 Å². The van der Waals surface area contributed by atoms with Gasteiger partial charge in [-0.05, 0) is 47.7 Å². The predicted molar refractivity (Wildman–Crippen MR) is 129 cm³/mol. The number of hydrogen-bond acceptors (Lipinski definition) is 4. The van der Waals surface area contributed by atoms with Crippen LogP contribution in [0.5, 0.6) is 5.75 Å². The van der Waals surface area contributed by atoms with Gasteiger partial charge in [0.15, 0.2) is 0 Å². The topological polar surface area (TPSA) is 55.6 Å². The normalized spacial score (nSPS) is 11.5. The van der Waals surface area contributed by atoms with Crippen molar-refractivity contribution in [1.82, 2.24) is 9.38 Å². The van der Waals surface area contributed by atoms with Crippen LogP contribution in [0.4, 0.5) is 5.82 Å². The maximum Gasteiger partial charge on any atom is 0.311 e. The predicted octanol–water partition coefficient (Wildman–Crippen LogP) is 6.26. The van der Waals surface area contributed by atoms with Crippen LogP contribution in [0.2, 0.25) is 0 Å². The number of nitrogens with zero attached hydrogens (tertiary/aromatic N) is 2. The summed E-state index contributed by atoms with van der Waals surface area (Å²) in [6, 6.07) is 21.9. The number of para-hydroxylation sites is 1. The Morgan fingerprint density at radius 2 is 1.75 bits per heavy atom. The lowest BCUT2D eigenvalue weighted by molar-refractivity contribution is -0.136. The van der Waals surface area contributed by atoms with E-state index in [1.54, 1.807) is 0 Å². The minimum absolute atomic E-state index is 0.144. The Morgan fingerprint density at radius 1 is 1.03 bits per heavy atom. The highest BCUT2D eigenvalue weighted by Gasteiger charge is 2.22. The second-order valence-corrected chi connectivity index (χ2v) is 9.29. The Bertz CT molecular complexity index is 1240. The molecule has 2 aromatic carbocycles. The number of esters is 1. The molecule has 1 N–H and O–H groups in total. The number of anilines is 1. The zero-order valence-electron chi connectivity index (χ0n) is 19.1. The number of hydrogen-bond donors (Lipinski definition) is 1. The van der Waals surface area contributed by atoms with Gasteiger partial charge in [0.25, 0.3) is 0 Å². The number of pyridine rings is 1. The summed E-state index contributed by atoms with van der Waals surface area (Å²) in [6.07, 6.45) is 2.35. The zero-order valence-corrected chi connectivity index (χ0v) is 19.1. The van der Waals surface area contributed by atoms with Crippen molar-refractivity contribution in [2.45, 2.75) is 40.7 Å². The summed E-state index contributed by atoms with van der Waals surface area (Å²) in [7, 11) is 0. The Balaban J connectivity index is 1.75. The Kier molecular flexibility index (Phi) is 5.99. The summed E-state index contributed by atoms with van der Waals surface area (Å²) in [4.78, 5) is 17.5. The molecule has 2 aromatic heterocycles. The van der Waals surface area contributed by atoms with Gasteiger partial charge in [0, 0.05) is 18.3 Å². The summed E-state index contributed by atoms with van der Waals surface area (Å²) in [6.45, 7) is 8.78. The first-order valence-electron chi connectivity index (χ1n) is 10.9. The van der Waals surface area contributed by atoms with E-state index in [4.69, 9.17) is 9.72 Å². The number of aryl methyl sites for hydroxylation is 1. The average Bonchev–Trinajstić information content (AvgIpc) is 3.09. The maximum atomic E-state index is 12.6. The van der Waals surface area contributed by atoms with Gasteiger partial charge in [0.05, 0.1) is 6.42 Å². The molecule has 0 radical (unpaired) electrons. The van der Waals surface area contributed by atoms with Gasteiger partial charge >= 0.3 is 5.97 Å². The molecule has 0 unspecified atom stereocenters. The average molecular weight is 428 g/mol. The minimum Gasteiger partial charge on any atom is -0.426 e. The van der Waals surface area contributed by atoms with Gasteiger partial charge in [0.1, 0.15) is 22.9 Å². The molecule has 0 aliphatic carbocycles. The van der Waals surface area contributed by atoms with E-state index in [-0.39, 0.29) is 11.4 Å². The Labute approximate surface area is 189 Å². The van der Waals surface area contributed by atoms with Crippen LogP contribution in [0.1, 0.15) is 38.3 Å². The smallest absolute Gasteiger partial charge is 0.311 e. The number of ether oxygens (including phenoxy) is 1. The van der Waals surface area contributed by atoms with Crippen molar-refractivity contribution in [2.75, 3.05) is 5.32 Å². The van der Waals surface area contributed by atoms with Crippen LogP contribution in [-0.4, -0.2) is 15.4 Å². The van der Waals surface area contributed by atoms with E-state index in [0.717, 1.165) is 28.3 Å². The third-order valence-electron chi connectivity index (χ3n) is 5.13. The molecule has 4 aromatic rings. The largest absolute Gasteiger partial charge is 0.426 e. The Morgan fingerprint density at radius 3 is 2.50 bits per heavy atom. The summed E-state index contributed by atoms with van der Waals surface area (Å²) in [5.41, 5.74) is 4.54. The van der Waals surface area contributed by atoms with Crippen LogP contribution in [-0.2, 0) is 11.3 Å². The lowest BCUT2D eigenvalue weighted by atomic mass is 9.92. The molecule has 5 nitrogen and oxygen atoms in total. The van der Waals surface area contributed by atoms with Gasteiger partial charge in [-0.2, -0.15) is 0 Å². The fraction of sp³-hybridized carbons (Fsp3) is 0.259. The van der Waals surface area contributed by atoms with Gasteiger partial charge in [-0.15, -0.1) is 0 Å². The lowest BCUT2D eigenvalue weighted by Gasteiger charge is -2.17. The fourth-order valence-corrected chi connectivity index (χ4v) is 3.63. The second kappa shape index (κ2) is 8.87. The van der Waals surface area contributed by atoms with Crippen LogP contribution in [0.15, 0.2) is 72.9 Å². The van der Waals surface area contributed by atoms with E-state index in [9.17, 15) is 4.79 Å². The first kappa shape index (κ1) is 21.6. The highest BCUT2D eigenvalue weighted by molar-refractivity contribution is 5.83. The van der Waals surface area contributed by atoms with Gasteiger partial charge in [0.2, 0.25) is 0 Å². The van der Waals surface area contributed by atoms with Crippen LogP contribution in [0.25, 0.3) is 16.9 Å². The molecule has 32 heavy (non-hydrogen) atoms. The summed E-state index contributed by atoms with van der Waals surface area (Å²) in [5.74, 6) is 1.14. The third kappa shape index (κ3) is 4.99. The summed E-state index contributed by atoms with van der Waals surface area (Å²) >= 11 is 0. The van der Waals surface area contributed by atoms with Crippen molar-refractivity contribution in [1.29, 1.82) is 0 Å². The van der Waals surface area contributed by atoms with Gasteiger partial charge in [-0.3, -0.25) is 9.20 Å². The SMILES string of the molecule is Cc1ccn2c(NCc3ccccc3)c(-c3ccccc3OC(=O)CC(C)(C)C)nc2c1. The summed E-state index contributed by atoms with van der Waals surface area (Å²) < 4.78 is 7.84. The summed E-state index contributed by atoms with van der Waals surface area (Å²) in [5, 5.41) is 3.55. The number of carbonyl (C=O) groups is 1. The molecule has 0 amide bonds. The van der Waals surface area contributed by atoms with Crippen molar-refractivity contribution in [3.63, 3.8) is 0 Å². The molecular weight excluding hydrogens is 398 g/mol. The maximum absolute atomic E-state index is 12.6. The van der Waals surface area contributed by atoms with Gasteiger partial charge in [-0.1, -0.05) is 63.2 Å². The first-order chi connectivity index (χ1) is 15.3. The molecule has 0 fully saturated rings. The van der Waals surface area contributed by atoms with Crippen LogP contribution in [0.3, 0.4) is 0 Å². The molecular formula is C27H29N3O2. The van der Waals surface area contributed by atoms with Crippen molar-refractivity contribution < 1.29 is 9.53 Å².